The van der Waals surface area contributed by atoms with Gasteiger partial charge in [0.1, 0.15) is 0 Å². The van der Waals surface area contributed by atoms with Crippen LogP contribution in [0, 0.1) is 11.3 Å². The normalized spacial score (nSPS) is 19.6. The fourth-order valence-electron chi connectivity index (χ4n) is 2.36. The molecule has 3 nitrogen and oxygen atoms in total. The molecule has 0 aromatic heterocycles. The molecule has 0 radical (unpaired) electrons. The molecule has 18 heavy (non-hydrogen) atoms. The molecule has 1 aliphatic rings. The van der Waals surface area contributed by atoms with Crippen molar-refractivity contribution < 1.29 is 4.74 Å². The van der Waals surface area contributed by atoms with E-state index >= 15 is 0 Å². The molecular weight excluding hydrogens is 292 g/mol. The summed E-state index contributed by atoms with van der Waals surface area (Å²) in [5.74, 6) is 0. The van der Waals surface area contributed by atoms with Gasteiger partial charge in [-0.15, -0.1) is 0 Å². The Morgan fingerprint density at radius 3 is 3.06 bits per heavy atom. The lowest BCUT2D eigenvalue weighted by molar-refractivity contribution is 0.0526. The highest BCUT2D eigenvalue weighted by Gasteiger charge is 2.21. The van der Waals surface area contributed by atoms with E-state index < -0.39 is 0 Å². The van der Waals surface area contributed by atoms with Gasteiger partial charge in [-0.25, -0.2) is 0 Å². The molecule has 1 aromatic carbocycles. The van der Waals surface area contributed by atoms with Gasteiger partial charge in [-0.2, -0.15) is 5.26 Å². The topological polar surface area (TPSA) is 36.3 Å². The molecule has 4 heteroatoms. The number of benzene rings is 1. The maximum Gasteiger partial charge on any atom is 0.0992 e. The summed E-state index contributed by atoms with van der Waals surface area (Å²) >= 11 is 3.55. The summed E-state index contributed by atoms with van der Waals surface area (Å²) in [6.45, 7) is 4.79. The lowest BCUT2D eigenvalue weighted by Gasteiger charge is -2.34. The third-order valence-electron chi connectivity index (χ3n) is 3.20. The van der Waals surface area contributed by atoms with Gasteiger partial charge in [0, 0.05) is 24.2 Å². The first-order chi connectivity index (χ1) is 8.74. The van der Waals surface area contributed by atoms with Gasteiger partial charge >= 0.3 is 0 Å². The number of hydrogen-bond acceptors (Lipinski definition) is 3. The number of nitrogens with zero attached hydrogens (tertiary/aromatic N) is 2. The highest BCUT2D eigenvalue weighted by molar-refractivity contribution is 9.10. The molecule has 0 N–H and O–H groups in total. The Morgan fingerprint density at radius 2 is 2.39 bits per heavy atom. The zero-order chi connectivity index (χ0) is 13.0. The van der Waals surface area contributed by atoms with Crippen molar-refractivity contribution in [2.45, 2.75) is 25.9 Å². The Kier molecular flexibility index (Phi) is 4.62. The number of nitriles is 1. The molecule has 1 saturated heterocycles. The molecule has 1 aliphatic heterocycles. The van der Waals surface area contributed by atoms with Crippen LogP contribution in [0.3, 0.4) is 0 Å². The van der Waals surface area contributed by atoms with Crippen LogP contribution in [0.5, 0.6) is 0 Å². The number of halogens is 1. The molecule has 0 saturated carbocycles. The first kappa shape index (κ1) is 13.4. The van der Waals surface area contributed by atoms with Crippen LogP contribution in [0.15, 0.2) is 22.7 Å². The van der Waals surface area contributed by atoms with Gasteiger partial charge < -0.3 is 9.64 Å². The van der Waals surface area contributed by atoms with Crippen LogP contribution < -0.4 is 4.90 Å². The minimum absolute atomic E-state index is 0.325. The molecule has 0 spiro atoms. The standard InChI is InChI=1S/C14H17BrN2O/c1-2-18-12-4-3-7-17(10-12)14-6-5-11(9-16)8-13(14)15/h5-6,8,12H,2-4,7,10H2,1H3. The van der Waals surface area contributed by atoms with E-state index in [1.165, 1.54) is 0 Å². The maximum absolute atomic E-state index is 8.87. The largest absolute Gasteiger partial charge is 0.377 e. The van der Waals surface area contributed by atoms with Gasteiger partial charge in [0.05, 0.1) is 23.4 Å². The van der Waals surface area contributed by atoms with Gasteiger partial charge in [0.25, 0.3) is 0 Å². The quantitative estimate of drug-likeness (QED) is 0.859. The van der Waals surface area contributed by atoms with E-state index in [1.807, 2.05) is 25.1 Å². The summed E-state index contributed by atoms with van der Waals surface area (Å²) in [6, 6.07) is 7.90. The second-order valence-corrected chi connectivity index (χ2v) is 5.30. The van der Waals surface area contributed by atoms with E-state index in [0.717, 1.165) is 42.7 Å². The van der Waals surface area contributed by atoms with Crippen LogP contribution in [0.4, 0.5) is 5.69 Å². The summed E-state index contributed by atoms with van der Waals surface area (Å²) < 4.78 is 6.69. The highest BCUT2D eigenvalue weighted by atomic mass is 79.9. The van der Waals surface area contributed by atoms with Crippen molar-refractivity contribution in [2.75, 3.05) is 24.6 Å². The average molecular weight is 309 g/mol. The SMILES string of the molecule is CCOC1CCCN(c2ccc(C#N)cc2Br)C1. The highest BCUT2D eigenvalue weighted by Crippen LogP contribution is 2.30. The molecule has 1 unspecified atom stereocenters. The molecule has 1 fully saturated rings. The van der Waals surface area contributed by atoms with Crippen molar-refractivity contribution in [3.63, 3.8) is 0 Å². The molecule has 1 aromatic rings. The van der Waals surface area contributed by atoms with Crippen LogP contribution in [-0.2, 0) is 4.74 Å². The van der Waals surface area contributed by atoms with Crippen LogP contribution in [0.2, 0.25) is 0 Å². The van der Waals surface area contributed by atoms with Crippen molar-refractivity contribution in [1.82, 2.24) is 0 Å². The van der Waals surface area contributed by atoms with Crippen LogP contribution >= 0.6 is 15.9 Å². The predicted molar refractivity (Wildman–Crippen MR) is 75.7 cm³/mol. The first-order valence-electron chi connectivity index (χ1n) is 6.30. The Balaban J connectivity index is 2.13. The van der Waals surface area contributed by atoms with Crippen LogP contribution in [0.1, 0.15) is 25.3 Å². The van der Waals surface area contributed by atoms with Gasteiger partial charge in [-0.3, -0.25) is 0 Å². The van der Waals surface area contributed by atoms with Crippen molar-refractivity contribution >= 4 is 21.6 Å². The Labute approximate surface area is 116 Å². The van der Waals surface area contributed by atoms with E-state index in [4.69, 9.17) is 10.00 Å². The van der Waals surface area contributed by atoms with Crippen molar-refractivity contribution in [2.24, 2.45) is 0 Å². The number of anilines is 1. The molecule has 0 bridgehead atoms. The third-order valence-corrected chi connectivity index (χ3v) is 3.83. The predicted octanol–water partition coefficient (Wildman–Crippen LogP) is 3.33. The number of rotatable bonds is 3. The molecule has 0 aliphatic carbocycles. The zero-order valence-corrected chi connectivity index (χ0v) is 12.1. The van der Waals surface area contributed by atoms with Gasteiger partial charge in [-0.05, 0) is 53.9 Å². The minimum Gasteiger partial charge on any atom is -0.377 e. The maximum atomic E-state index is 8.87. The average Bonchev–Trinajstić information content (AvgIpc) is 2.39. The number of ether oxygens (including phenoxy) is 1. The van der Waals surface area contributed by atoms with E-state index in [1.54, 1.807) is 0 Å². The second kappa shape index (κ2) is 6.21. The Morgan fingerprint density at radius 1 is 1.56 bits per heavy atom. The first-order valence-corrected chi connectivity index (χ1v) is 7.10. The fraction of sp³-hybridized carbons (Fsp3) is 0.500. The second-order valence-electron chi connectivity index (χ2n) is 4.44. The summed E-state index contributed by atoms with van der Waals surface area (Å²) in [4.78, 5) is 2.33. The third kappa shape index (κ3) is 3.04. The lowest BCUT2D eigenvalue weighted by Crippen LogP contribution is -2.39. The minimum atomic E-state index is 0.325. The smallest absolute Gasteiger partial charge is 0.0992 e. The van der Waals surface area contributed by atoms with Crippen molar-refractivity contribution in [3.8, 4) is 6.07 Å². The van der Waals surface area contributed by atoms with Crippen LogP contribution in [0.25, 0.3) is 0 Å². The monoisotopic (exact) mass is 308 g/mol. The molecular formula is C14H17BrN2O. The molecule has 2 rings (SSSR count). The zero-order valence-electron chi connectivity index (χ0n) is 10.5. The molecule has 96 valence electrons. The number of hydrogen-bond donors (Lipinski definition) is 0. The van der Waals surface area contributed by atoms with E-state index in [2.05, 4.69) is 26.9 Å². The van der Waals surface area contributed by atoms with Gasteiger partial charge in [0.2, 0.25) is 0 Å². The summed E-state index contributed by atoms with van der Waals surface area (Å²) in [6.07, 6.45) is 2.61. The van der Waals surface area contributed by atoms with Crippen LogP contribution in [-0.4, -0.2) is 25.8 Å². The Bertz CT molecular complexity index is 454. The van der Waals surface area contributed by atoms with E-state index in [0.29, 0.717) is 11.7 Å². The summed E-state index contributed by atoms with van der Waals surface area (Å²) in [5, 5.41) is 8.87. The van der Waals surface area contributed by atoms with E-state index in [9.17, 15) is 0 Å². The molecule has 1 atom stereocenters. The molecule has 0 amide bonds. The van der Waals surface area contributed by atoms with Gasteiger partial charge in [-0.1, -0.05) is 0 Å². The lowest BCUT2D eigenvalue weighted by atomic mass is 10.1. The van der Waals surface area contributed by atoms with Crippen molar-refractivity contribution in [1.29, 1.82) is 5.26 Å². The Hall–Kier alpha value is -1.05. The summed E-state index contributed by atoms with van der Waals surface area (Å²) in [5.41, 5.74) is 1.84. The van der Waals surface area contributed by atoms with Gasteiger partial charge in [0.15, 0.2) is 0 Å². The van der Waals surface area contributed by atoms with E-state index in [-0.39, 0.29) is 0 Å². The molecule has 1 heterocycles. The summed E-state index contributed by atoms with van der Waals surface area (Å²) in [7, 11) is 0. The fourth-order valence-corrected chi connectivity index (χ4v) is 2.99. The number of piperidine rings is 1. The van der Waals surface area contributed by atoms with Crippen molar-refractivity contribution in [3.05, 3.63) is 28.2 Å².